The van der Waals surface area contributed by atoms with Crippen molar-refractivity contribution in [3.05, 3.63) is 29.8 Å². The maximum absolute atomic E-state index is 11.2. The van der Waals surface area contributed by atoms with Gasteiger partial charge in [0.25, 0.3) is 0 Å². The Balaban J connectivity index is 1.56. The van der Waals surface area contributed by atoms with Crippen molar-refractivity contribution >= 4 is 17.7 Å². The first kappa shape index (κ1) is 17.5. The fraction of sp³-hybridized carbons (Fsp3) is 0.556. The highest BCUT2D eigenvalue weighted by atomic mass is 16.5. The Bertz CT molecular complexity index is 617. The van der Waals surface area contributed by atoms with Crippen molar-refractivity contribution in [3.8, 4) is 0 Å². The standard InChI is InChI=1S/C18H26N4O3/c1-3-19-17(22-15-10-14-8-9-16(15)25-14)20-11-12-4-6-13(7-5-12)21-18(23)24-2/h4-7,14-16H,3,8-11H2,1-2H3,(H,21,23)(H2,19,20,22). The summed E-state index contributed by atoms with van der Waals surface area (Å²) in [5.41, 5.74) is 1.76. The van der Waals surface area contributed by atoms with Crippen LogP contribution in [0.2, 0.25) is 0 Å². The van der Waals surface area contributed by atoms with E-state index in [1.54, 1.807) is 0 Å². The summed E-state index contributed by atoms with van der Waals surface area (Å²) < 4.78 is 10.5. The number of ether oxygens (including phenoxy) is 2. The third-order valence-corrected chi connectivity index (χ3v) is 4.58. The van der Waals surface area contributed by atoms with Gasteiger partial charge in [0.15, 0.2) is 5.96 Å². The van der Waals surface area contributed by atoms with Gasteiger partial charge in [0.05, 0.1) is 31.9 Å². The minimum atomic E-state index is -0.475. The average molecular weight is 346 g/mol. The summed E-state index contributed by atoms with van der Waals surface area (Å²) in [5.74, 6) is 0.820. The van der Waals surface area contributed by atoms with Crippen LogP contribution in [0.25, 0.3) is 0 Å². The molecule has 2 bridgehead atoms. The summed E-state index contributed by atoms with van der Waals surface area (Å²) in [6, 6.07) is 7.92. The van der Waals surface area contributed by atoms with Gasteiger partial charge in [0.1, 0.15) is 0 Å². The second-order valence-electron chi connectivity index (χ2n) is 6.37. The molecule has 136 valence electrons. The Hall–Kier alpha value is -2.28. The molecule has 0 spiro atoms. The number of methoxy groups -OCH3 is 1. The number of amides is 1. The Morgan fingerprint density at radius 1 is 1.32 bits per heavy atom. The molecular formula is C18H26N4O3. The molecule has 2 saturated heterocycles. The van der Waals surface area contributed by atoms with Gasteiger partial charge in [0, 0.05) is 12.2 Å². The first-order chi connectivity index (χ1) is 12.2. The molecule has 2 aliphatic heterocycles. The van der Waals surface area contributed by atoms with Crippen LogP contribution in [0.5, 0.6) is 0 Å². The Morgan fingerprint density at radius 2 is 2.12 bits per heavy atom. The number of rotatable bonds is 5. The van der Waals surface area contributed by atoms with Crippen molar-refractivity contribution in [1.82, 2.24) is 10.6 Å². The van der Waals surface area contributed by atoms with Crippen LogP contribution in [0.3, 0.4) is 0 Å². The molecule has 3 atom stereocenters. The lowest BCUT2D eigenvalue weighted by Crippen LogP contribution is -2.47. The van der Waals surface area contributed by atoms with E-state index in [1.165, 1.54) is 13.5 Å². The van der Waals surface area contributed by atoms with Crippen LogP contribution in [0, 0.1) is 0 Å². The Morgan fingerprint density at radius 3 is 2.72 bits per heavy atom. The van der Waals surface area contributed by atoms with Crippen LogP contribution in [0.4, 0.5) is 10.5 Å². The summed E-state index contributed by atoms with van der Waals surface area (Å²) in [7, 11) is 1.34. The molecular weight excluding hydrogens is 320 g/mol. The minimum Gasteiger partial charge on any atom is -0.453 e. The van der Waals surface area contributed by atoms with E-state index < -0.39 is 6.09 Å². The van der Waals surface area contributed by atoms with Crippen molar-refractivity contribution in [2.75, 3.05) is 19.0 Å². The van der Waals surface area contributed by atoms with Crippen molar-refractivity contribution in [1.29, 1.82) is 0 Å². The smallest absolute Gasteiger partial charge is 0.411 e. The summed E-state index contributed by atoms with van der Waals surface area (Å²) >= 11 is 0. The molecule has 2 fully saturated rings. The van der Waals surface area contributed by atoms with Gasteiger partial charge in [-0.25, -0.2) is 9.79 Å². The van der Waals surface area contributed by atoms with Crippen LogP contribution in [0.1, 0.15) is 31.7 Å². The number of guanidine groups is 1. The number of carbonyl (C=O) groups excluding carboxylic acids is 1. The van der Waals surface area contributed by atoms with Gasteiger partial charge in [-0.1, -0.05) is 12.1 Å². The van der Waals surface area contributed by atoms with E-state index in [2.05, 4.69) is 32.6 Å². The fourth-order valence-corrected chi connectivity index (χ4v) is 3.32. The molecule has 7 heteroatoms. The molecule has 2 aliphatic rings. The monoisotopic (exact) mass is 346 g/mol. The molecule has 2 heterocycles. The number of hydrogen-bond donors (Lipinski definition) is 3. The Kier molecular flexibility index (Phi) is 5.75. The number of nitrogens with zero attached hydrogens (tertiary/aromatic N) is 1. The molecule has 25 heavy (non-hydrogen) atoms. The number of benzene rings is 1. The van der Waals surface area contributed by atoms with E-state index in [9.17, 15) is 4.79 Å². The summed E-state index contributed by atoms with van der Waals surface area (Å²) in [6.07, 6.45) is 3.64. The number of fused-ring (bicyclic) bond motifs is 2. The molecule has 3 unspecified atom stereocenters. The van der Waals surface area contributed by atoms with E-state index in [-0.39, 0.29) is 0 Å². The lowest BCUT2D eigenvalue weighted by molar-refractivity contribution is 0.0992. The molecule has 7 nitrogen and oxygen atoms in total. The molecule has 0 radical (unpaired) electrons. The fourth-order valence-electron chi connectivity index (χ4n) is 3.32. The van der Waals surface area contributed by atoms with Crippen LogP contribution >= 0.6 is 0 Å². The van der Waals surface area contributed by atoms with Gasteiger partial charge in [-0.2, -0.15) is 0 Å². The minimum absolute atomic E-state index is 0.317. The van der Waals surface area contributed by atoms with Crippen molar-refractivity contribution in [3.63, 3.8) is 0 Å². The van der Waals surface area contributed by atoms with Gasteiger partial charge >= 0.3 is 6.09 Å². The first-order valence-corrected chi connectivity index (χ1v) is 8.82. The van der Waals surface area contributed by atoms with Gasteiger partial charge in [-0.15, -0.1) is 0 Å². The number of anilines is 1. The molecule has 1 amide bonds. The quantitative estimate of drug-likeness (QED) is 0.562. The topological polar surface area (TPSA) is 84.0 Å². The van der Waals surface area contributed by atoms with E-state index in [4.69, 9.17) is 4.74 Å². The highest BCUT2D eigenvalue weighted by molar-refractivity contribution is 5.84. The predicted molar refractivity (Wildman–Crippen MR) is 96.7 cm³/mol. The van der Waals surface area contributed by atoms with Gasteiger partial charge in [0.2, 0.25) is 0 Å². The predicted octanol–water partition coefficient (Wildman–Crippen LogP) is 2.24. The molecule has 3 N–H and O–H groups in total. The average Bonchev–Trinajstić information content (AvgIpc) is 3.24. The highest BCUT2D eigenvalue weighted by Gasteiger charge is 2.41. The van der Waals surface area contributed by atoms with Crippen molar-refractivity contribution < 1.29 is 14.3 Å². The highest BCUT2D eigenvalue weighted by Crippen LogP contribution is 2.34. The zero-order valence-electron chi connectivity index (χ0n) is 14.7. The summed E-state index contributed by atoms with van der Waals surface area (Å²) in [4.78, 5) is 15.9. The maximum Gasteiger partial charge on any atom is 0.411 e. The second-order valence-corrected chi connectivity index (χ2v) is 6.37. The SMILES string of the molecule is CCNC(=NCc1ccc(NC(=O)OC)cc1)NC1CC2CCC1O2. The van der Waals surface area contributed by atoms with Gasteiger partial charge < -0.3 is 20.1 Å². The molecule has 1 aromatic rings. The van der Waals surface area contributed by atoms with Crippen molar-refractivity contribution in [2.45, 2.75) is 51.0 Å². The second kappa shape index (κ2) is 8.20. The lowest BCUT2D eigenvalue weighted by Gasteiger charge is -2.22. The van der Waals surface area contributed by atoms with Crippen LogP contribution in [-0.2, 0) is 16.0 Å². The molecule has 0 saturated carbocycles. The molecule has 1 aromatic carbocycles. The molecule has 0 aromatic heterocycles. The number of aliphatic imine (C=N–C) groups is 1. The maximum atomic E-state index is 11.2. The van der Waals surface area contributed by atoms with Gasteiger partial charge in [-0.05, 0) is 43.9 Å². The van der Waals surface area contributed by atoms with Crippen molar-refractivity contribution in [2.24, 2.45) is 4.99 Å². The summed E-state index contributed by atoms with van der Waals surface area (Å²) in [6.45, 7) is 3.44. The van der Waals surface area contributed by atoms with Crippen LogP contribution < -0.4 is 16.0 Å². The van der Waals surface area contributed by atoms with E-state index >= 15 is 0 Å². The normalized spacial score (nSPS) is 24.9. The zero-order chi connectivity index (χ0) is 17.6. The molecule has 0 aliphatic carbocycles. The van der Waals surface area contributed by atoms with E-state index in [1.807, 2.05) is 24.3 Å². The molecule has 3 rings (SSSR count). The Labute approximate surface area is 148 Å². The lowest BCUT2D eigenvalue weighted by atomic mass is 9.96. The van der Waals surface area contributed by atoms with E-state index in [0.29, 0.717) is 30.5 Å². The summed E-state index contributed by atoms with van der Waals surface area (Å²) in [5, 5.41) is 9.43. The number of carbonyl (C=O) groups is 1. The third kappa shape index (κ3) is 4.63. The van der Waals surface area contributed by atoms with Gasteiger partial charge in [-0.3, -0.25) is 5.32 Å². The third-order valence-electron chi connectivity index (χ3n) is 4.58. The van der Waals surface area contributed by atoms with Crippen LogP contribution in [-0.4, -0.2) is 44.0 Å². The largest absolute Gasteiger partial charge is 0.453 e. The van der Waals surface area contributed by atoms with Crippen LogP contribution in [0.15, 0.2) is 29.3 Å². The number of hydrogen-bond acceptors (Lipinski definition) is 4. The van der Waals surface area contributed by atoms with E-state index in [0.717, 1.165) is 30.9 Å². The number of nitrogens with one attached hydrogen (secondary N) is 3. The zero-order valence-corrected chi connectivity index (χ0v) is 14.7. The first-order valence-electron chi connectivity index (χ1n) is 8.82.